The van der Waals surface area contributed by atoms with Gasteiger partial charge in [-0.05, 0) is 74.6 Å². The highest BCUT2D eigenvalue weighted by molar-refractivity contribution is 6.00. The van der Waals surface area contributed by atoms with Gasteiger partial charge in [0, 0.05) is 6.08 Å². The van der Waals surface area contributed by atoms with Crippen LogP contribution in [0.1, 0.15) is 60.8 Å². The van der Waals surface area contributed by atoms with Gasteiger partial charge >= 0.3 is 0 Å². The minimum absolute atomic E-state index is 0.187. The number of anilines is 1. The molecule has 1 aromatic carbocycles. The highest BCUT2D eigenvalue weighted by atomic mass is 19.1. The zero-order chi connectivity index (χ0) is 23.9. The summed E-state index contributed by atoms with van der Waals surface area (Å²) in [6.45, 7) is 12.9. The molecule has 0 heterocycles. The fourth-order valence-electron chi connectivity index (χ4n) is 4.16. The van der Waals surface area contributed by atoms with E-state index >= 15 is 0 Å². The Morgan fingerprint density at radius 1 is 1.16 bits per heavy atom. The molecule has 1 aliphatic carbocycles. The molecule has 0 aromatic heterocycles. The maximum atomic E-state index is 13.7. The molecule has 0 saturated heterocycles. The molecule has 0 spiro atoms. The highest BCUT2D eigenvalue weighted by Gasteiger charge is 2.30. The van der Waals surface area contributed by atoms with Gasteiger partial charge in [0.2, 0.25) is 5.91 Å². The van der Waals surface area contributed by atoms with E-state index in [0.29, 0.717) is 11.5 Å². The van der Waals surface area contributed by atoms with Crippen LogP contribution in [0.4, 0.5) is 14.5 Å². The van der Waals surface area contributed by atoms with Crippen LogP contribution in [0.5, 0.6) is 0 Å². The van der Waals surface area contributed by atoms with E-state index in [1.807, 2.05) is 19.1 Å². The number of carbonyl (C=O) groups is 1. The van der Waals surface area contributed by atoms with Crippen LogP contribution >= 0.6 is 0 Å². The zero-order valence-electron chi connectivity index (χ0n) is 20.1. The molecule has 32 heavy (non-hydrogen) atoms. The molecule has 2 nitrogen and oxygen atoms in total. The number of hydrogen-bond acceptors (Lipinski definition) is 1. The van der Waals surface area contributed by atoms with Gasteiger partial charge < -0.3 is 5.32 Å². The number of nitrogens with one attached hydrogen (secondary N) is 1. The first-order chi connectivity index (χ1) is 15.0. The third-order valence-electron chi connectivity index (χ3n) is 6.18. The standard InChI is InChI=1S/C28H35F2NO/c1-7-22-16-17-28(5,6)23(21(22)4)15-14-19(2)10-8-11-20(3)18-26(32)31-27-24(29)12-9-13-25(27)30/h8-15,18,22H,7,16-17H2,1-6H3,(H,31,32)/b11-8+,15-14+,19-10+,20-18+. The first-order valence-corrected chi connectivity index (χ1v) is 11.2. The zero-order valence-corrected chi connectivity index (χ0v) is 20.1. The number of benzene rings is 1. The Labute approximate surface area is 191 Å². The quantitative estimate of drug-likeness (QED) is 0.338. The van der Waals surface area contributed by atoms with Crippen LogP contribution < -0.4 is 5.32 Å². The molecule has 1 N–H and O–H groups in total. The summed E-state index contributed by atoms with van der Waals surface area (Å²) < 4.78 is 27.3. The summed E-state index contributed by atoms with van der Waals surface area (Å²) in [6, 6.07) is 3.46. The maximum Gasteiger partial charge on any atom is 0.248 e. The van der Waals surface area contributed by atoms with E-state index in [4.69, 9.17) is 0 Å². The number of para-hydroxylation sites is 1. The van der Waals surface area contributed by atoms with Crippen molar-refractivity contribution in [3.8, 4) is 0 Å². The molecule has 2 rings (SSSR count). The topological polar surface area (TPSA) is 29.1 Å². The van der Waals surface area contributed by atoms with Crippen molar-refractivity contribution in [3.63, 3.8) is 0 Å². The van der Waals surface area contributed by atoms with Crippen molar-refractivity contribution < 1.29 is 13.6 Å². The number of rotatable bonds is 7. The van der Waals surface area contributed by atoms with Gasteiger partial charge in [0.05, 0.1) is 0 Å². The van der Waals surface area contributed by atoms with E-state index in [1.165, 1.54) is 42.6 Å². The fourth-order valence-corrected chi connectivity index (χ4v) is 4.16. The Kier molecular flexibility index (Phi) is 8.94. The number of allylic oxidation sites excluding steroid dienone is 9. The molecule has 0 aliphatic heterocycles. The molecule has 1 atom stereocenters. The Balaban J connectivity index is 2.05. The molecule has 1 amide bonds. The van der Waals surface area contributed by atoms with E-state index in [0.717, 1.165) is 17.7 Å². The van der Waals surface area contributed by atoms with Gasteiger partial charge in [0.15, 0.2) is 0 Å². The monoisotopic (exact) mass is 439 g/mol. The van der Waals surface area contributed by atoms with Gasteiger partial charge in [-0.15, -0.1) is 0 Å². The molecule has 0 saturated carbocycles. The Morgan fingerprint density at radius 3 is 2.44 bits per heavy atom. The summed E-state index contributed by atoms with van der Waals surface area (Å²) in [6.07, 6.45) is 15.0. The van der Waals surface area contributed by atoms with Gasteiger partial charge in [-0.25, -0.2) is 8.78 Å². The normalized spacial score (nSPS) is 19.8. The van der Waals surface area contributed by atoms with Gasteiger partial charge in [-0.1, -0.05) is 68.4 Å². The molecule has 172 valence electrons. The van der Waals surface area contributed by atoms with Gasteiger partial charge in [0.25, 0.3) is 0 Å². The first kappa shape index (κ1) is 25.5. The van der Waals surface area contributed by atoms with Gasteiger partial charge in [0.1, 0.15) is 17.3 Å². The summed E-state index contributed by atoms with van der Waals surface area (Å²) in [5, 5.41) is 2.25. The van der Waals surface area contributed by atoms with Gasteiger partial charge in [-0.3, -0.25) is 4.79 Å². The predicted molar refractivity (Wildman–Crippen MR) is 130 cm³/mol. The SMILES string of the molecule is CCC1CCC(C)(C)C(/C=C/C(C)=C/C=C/C(C)=C/C(=O)Nc2c(F)cccc2F)=C1C. The molecule has 4 heteroatoms. The van der Waals surface area contributed by atoms with Crippen molar-refractivity contribution in [2.24, 2.45) is 11.3 Å². The summed E-state index contributed by atoms with van der Waals surface area (Å²) in [7, 11) is 0. The van der Waals surface area contributed by atoms with Crippen LogP contribution in [0.15, 0.2) is 76.9 Å². The number of hydrogen-bond donors (Lipinski definition) is 1. The van der Waals surface area contributed by atoms with E-state index in [-0.39, 0.29) is 5.41 Å². The van der Waals surface area contributed by atoms with Crippen LogP contribution in [-0.4, -0.2) is 5.91 Å². The van der Waals surface area contributed by atoms with E-state index < -0.39 is 23.2 Å². The second kappa shape index (κ2) is 11.2. The molecular weight excluding hydrogens is 404 g/mol. The predicted octanol–water partition coefficient (Wildman–Crippen LogP) is 8.07. The average molecular weight is 440 g/mol. The highest BCUT2D eigenvalue weighted by Crippen LogP contribution is 2.44. The number of carbonyl (C=O) groups excluding carboxylic acids is 1. The van der Waals surface area contributed by atoms with Crippen molar-refractivity contribution in [2.45, 2.75) is 60.8 Å². The second-order valence-corrected chi connectivity index (χ2v) is 9.20. The van der Waals surface area contributed by atoms with Crippen LogP contribution in [0, 0.1) is 23.0 Å². The maximum absolute atomic E-state index is 13.7. The number of amides is 1. The Morgan fingerprint density at radius 2 is 1.81 bits per heavy atom. The van der Waals surface area contributed by atoms with Crippen molar-refractivity contribution in [1.29, 1.82) is 0 Å². The van der Waals surface area contributed by atoms with Crippen LogP contribution in [0.2, 0.25) is 0 Å². The number of halogens is 2. The van der Waals surface area contributed by atoms with Crippen molar-refractivity contribution >= 4 is 11.6 Å². The Bertz CT molecular complexity index is 972. The lowest BCUT2D eigenvalue weighted by Gasteiger charge is -2.37. The van der Waals surface area contributed by atoms with Crippen molar-refractivity contribution in [1.82, 2.24) is 0 Å². The summed E-state index contributed by atoms with van der Waals surface area (Å²) in [5.41, 5.74) is 4.45. The minimum atomic E-state index is -0.804. The van der Waals surface area contributed by atoms with Crippen LogP contribution in [-0.2, 0) is 4.79 Å². The van der Waals surface area contributed by atoms with Crippen LogP contribution in [0.3, 0.4) is 0 Å². The Hall–Kier alpha value is -2.75. The smallest absolute Gasteiger partial charge is 0.248 e. The summed E-state index contributed by atoms with van der Waals surface area (Å²) in [4.78, 5) is 12.1. The third kappa shape index (κ3) is 6.88. The van der Waals surface area contributed by atoms with Crippen molar-refractivity contribution in [3.05, 3.63) is 88.6 Å². The largest absolute Gasteiger partial charge is 0.318 e. The molecule has 0 bridgehead atoms. The molecule has 1 aromatic rings. The minimum Gasteiger partial charge on any atom is -0.318 e. The fraction of sp³-hybridized carbons (Fsp3) is 0.393. The summed E-state index contributed by atoms with van der Waals surface area (Å²) in [5.74, 6) is -1.52. The third-order valence-corrected chi connectivity index (χ3v) is 6.18. The molecular formula is C28H35F2NO. The molecule has 0 radical (unpaired) electrons. The van der Waals surface area contributed by atoms with Gasteiger partial charge in [-0.2, -0.15) is 0 Å². The lowest BCUT2D eigenvalue weighted by Crippen LogP contribution is -2.24. The van der Waals surface area contributed by atoms with E-state index in [9.17, 15) is 13.6 Å². The van der Waals surface area contributed by atoms with Crippen molar-refractivity contribution in [2.75, 3.05) is 5.32 Å². The van der Waals surface area contributed by atoms with E-state index in [2.05, 4.69) is 45.2 Å². The van der Waals surface area contributed by atoms with E-state index in [1.54, 1.807) is 13.0 Å². The summed E-state index contributed by atoms with van der Waals surface area (Å²) >= 11 is 0. The van der Waals surface area contributed by atoms with Crippen LogP contribution in [0.25, 0.3) is 0 Å². The second-order valence-electron chi connectivity index (χ2n) is 9.20. The lowest BCUT2D eigenvalue weighted by atomic mass is 9.68. The molecule has 0 fully saturated rings. The molecule has 1 unspecified atom stereocenters. The molecule has 1 aliphatic rings. The lowest BCUT2D eigenvalue weighted by molar-refractivity contribution is -0.112. The average Bonchev–Trinajstić information content (AvgIpc) is 2.70. The first-order valence-electron chi connectivity index (χ1n) is 11.2.